The number of rotatable bonds is 5. The van der Waals surface area contributed by atoms with Crippen LogP contribution in [0.1, 0.15) is 30.7 Å². The van der Waals surface area contributed by atoms with Gasteiger partial charge in [-0.3, -0.25) is 0 Å². The molecule has 3 aromatic rings. The molecule has 0 spiro atoms. The fraction of sp³-hybridized carbons (Fsp3) is 0.333. The molecule has 0 radical (unpaired) electrons. The first-order valence-electron chi connectivity index (χ1n) is 8.92. The van der Waals surface area contributed by atoms with Gasteiger partial charge < -0.3 is 14.5 Å². The smallest absolute Gasteiger partial charge is 0.413 e. The topological polar surface area (TPSA) is 86.0 Å². The van der Waals surface area contributed by atoms with Crippen LogP contribution < -0.4 is 10.1 Å². The molecule has 164 valence electrons. The minimum atomic E-state index is -4.85. The fourth-order valence-electron chi connectivity index (χ4n) is 3.24. The molecule has 0 bridgehead atoms. The van der Waals surface area contributed by atoms with Crippen molar-refractivity contribution in [2.24, 2.45) is 0 Å². The summed E-state index contributed by atoms with van der Waals surface area (Å²) in [6.07, 6.45) is -5.51. The van der Waals surface area contributed by atoms with Crippen LogP contribution in [0.2, 0.25) is 0 Å². The van der Waals surface area contributed by atoms with Crippen LogP contribution >= 0.6 is 0 Å². The van der Waals surface area contributed by atoms with E-state index in [0.717, 1.165) is 6.42 Å². The molecular weight excluding hydrogens is 432 g/mol. The Morgan fingerprint density at radius 1 is 0.968 bits per heavy atom. The fourth-order valence-corrected chi connectivity index (χ4v) is 3.24. The maximum atomic E-state index is 12.8. The van der Waals surface area contributed by atoms with E-state index in [1.165, 1.54) is 30.6 Å². The molecule has 2 aromatic heterocycles. The van der Waals surface area contributed by atoms with Gasteiger partial charge in [-0.1, -0.05) is 18.2 Å². The third-order valence-corrected chi connectivity index (χ3v) is 4.75. The quantitative estimate of drug-likeness (QED) is 0.557. The summed E-state index contributed by atoms with van der Waals surface area (Å²) in [6.45, 7) is 0. The van der Waals surface area contributed by atoms with Gasteiger partial charge >= 0.3 is 18.4 Å². The largest absolute Gasteiger partial charge is 0.573 e. The number of nitrogens with zero attached hydrogens (tertiary/aromatic N) is 4. The SMILES string of the molecule is FC(F)(F)Oc1ccccc1C1(Nc2ncc(-c3nnc(C(F)(F)F)o3)cn2)CCC1. The molecule has 1 fully saturated rings. The summed E-state index contributed by atoms with van der Waals surface area (Å²) in [4.78, 5) is 8.06. The van der Waals surface area contributed by atoms with E-state index in [0.29, 0.717) is 18.4 Å². The van der Waals surface area contributed by atoms with E-state index >= 15 is 0 Å². The molecule has 31 heavy (non-hydrogen) atoms. The number of halogens is 6. The van der Waals surface area contributed by atoms with Gasteiger partial charge in [0, 0.05) is 18.0 Å². The lowest BCUT2D eigenvalue weighted by atomic mass is 9.71. The van der Waals surface area contributed by atoms with Gasteiger partial charge in [-0.15, -0.1) is 23.4 Å². The van der Waals surface area contributed by atoms with Crippen LogP contribution in [0.5, 0.6) is 5.75 Å². The third-order valence-electron chi connectivity index (χ3n) is 4.75. The molecule has 0 amide bonds. The third kappa shape index (κ3) is 4.39. The summed E-state index contributed by atoms with van der Waals surface area (Å²) in [5, 5.41) is 9.27. The Labute approximate surface area is 170 Å². The molecule has 2 heterocycles. The van der Waals surface area contributed by atoms with Gasteiger partial charge in [0.1, 0.15) is 5.75 Å². The first-order valence-corrected chi connectivity index (χ1v) is 8.92. The Hall–Kier alpha value is -3.38. The Balaban J connectivity index is 1.57. The molecule has 0 saturated heterocycles. The first-order chi connectivity index (χ1) is 14.6. The standard InChI is InChI=1S/C18H13F6N5O2/c19-17(20,21)14-29-28-13(30-14)10-8-25-15(26-9-10)27-16(6-3-7-16)11-4-1-2-5-12(11)31-18(22,23)24/h1-2,4-5,8-9H,3,6-7H2,(H,25,26,27). The summed E-state index contributed by atoms with van der Waals surface area (Å²) in [5.41, 5.74) is -0.521. The number of para-hydroxylation sites is 1. The van der Waals surface area contributed by atoms with E-state index in [9.17, 15) is 26.3 Å². The number of hydrogen-bond donors (Lipinski definition) is 1. The van der Waals surface area contributed by atoms with Crippen LogP contribution in [0.4, 0.5) is 32.3 Å². The van der Waals surface area contributed by atoms with E-state index in [1.807, 2.05) is 0 Å². The van der Waals surface area contributed by atoms with Gasteiger partial charge in [0.2, 0.25) is 5.95 Å². The Morgan fingerprint density at radius 2 is 1.65 bits per heavy atom. The Bertz CT molecular complexity index is 1060. The predicted molar refractivity (Wildman–Crippen MR) is 92.6 cm³/mol. The molecule has 13 heteroatoms. The number of alkyl halides is 6. The zero-order chi connectivity index (χ0) is 22.3. The molecule has 0 unspecified atom stereocenters. The number of ether oxygens (including phenoxy) is 1. The van der Waals surface area contributed by atoms with Gasteiger partial charge in [0.05, 0.1) is 11.1 Å². The summed E-state index contributed by atoms with van der Waals surface area (Å²) in [5.74, 6) is -2.18. The summed E-state index contributed by atoms with van der Waals surface area (Å²) in [6, 6.07) is 5.78. The van der Waals surface area contributed by atoms with Gasteiger partial charge in [-0.2, -0.15) is 13.2 Å². The van der Waals surface area contributed by atoms with E-state index in [4.69, 9.17) is 0 Å². The van der Waals surface area contributed by atoms with Crippen LogP contribution in [0, 0.1) is 0 Å². The molecule has 0 atom stereocenters. The normalized spacial score (nSPS) is 15.9. The van der Waals surface area contributed by atoms with Crippen molar-refractivity contribution in [3.63, 3.8) is 0 Å². The summed E-state index contributed by atoms with van der Waals surface area (Å²) in [7, 11) is 0. The lowest BCUT2D eigenvalue weighted by Crippen LogP contribution is -2.43. The van der Waals surface area contributed by atoms with E-state index in [2.05, 4.69) is 34.6 Å². The second-order valence-corrected chi connectivity index (χ2v) is 6.81. The minimum absolute atomic E-state index is 0.0528. The average Bonchev–Trinajstić information content (AvgIpc) is 3.15. The van der Waals surface area contributed by atoms with Gasteiger partial charge in [-0.05, 0) is 25.3 Å². The average molecular weight is 445 g/mol. The van der Waals surface area contributed by atoms with Crippen LogP contribution in [0.15, 0.2) is 41.1 Å². The molecular formula is C18H13F6N5O2. The molecule has 1 aromatic carbocycles. The van der Waals surface area contributed by atoms with Crippen molar-refractivity contribution < 1.29 is 35.5 Å². The first kappa shape index (κ1) is 20.9. The highest BCUT2D eigenvalue weighted by Crippen LogP contribution is 2.47. The van der Waals surface area contributed by atoms with Crippen molar-refractivity contribution in [1.82, 2.24) is 20.2 Å². The van der Waals surface area contributed by atoms with Crippen LogP contribution in [-0.4, -0.2) is 26.5 Å². The number of aromatic nitrogens is 4. The van der Waals surface area contributed by atoms with Gasteiger partial charge in [-0.25, -0.2) is 9.97 Å². The summed E-state index contributed by atoms with van der Waals surface area (Å²) < 4.78 is 84.8. The van der Waals surface area contributed by atoms with Crippen molar-refractivity contribution in [3.05, 3.63) is 48.1 Å². The minimum Gasteiger partial charge on any atom is -0.413 e. The number of benzene rings is 1. The lowest BCUT2D eigenvalue weighted by Gasteiger charge is -2.43. The highest BCUT2D eigenvalue weighted by molar-refractivity contribution is 5.52. The molecule has 7 nitrogen and oxygen atoms in total. The molecule has 0 aliphatic heterocycles. The van der Waals surface area contributed by atoms with Crippen LogP contribution in [0.3, 0.4) is 0 Å². The van der Waals surface area contributed by atoms with Crippen molar-refractivity contribution in [3.8, 4) is 17.2 Å². The van der Waals surface area contributed by atoms with E-state index < -0.39 is 29.9 Å². The lowest BCUT2D eigenvalue weighted by molar-refractivity contribution is -0.275. The molecule has 1 aliphatic carbocycles. The van der Waals surface area contributed by atoms with Crippen LogP contribution in [-0.2, 0) is 11.7 Å². The molecule has 1 N–H and O–H groups in total. The van der Waals surface area contributed by atoms with E-state index in [-0.39, 0.29) is 17.3 Å². The predicted octanol–water partition coefficient (Wildman–Crippen LogP) is 4.94. The van der Waals surface area contributed by atoms with Crippen molar-refractivity contribution in [1.29, 1.82) is 0 Å². The monoisotopic (exact) mass is 445 g/mol. The Morgan fingerprint density at radius 3 is 2.19 bits per heavy atom. The second kappa shape index (κ2) is 7.39. The molecule has 4 rings (SSSR count). The molecule has 1 aliphatic rings. The highest BCUT2D eigenvalue weighted by Gasteiger charge is 2.43. The van der Waals surface area contributed by atoms with Crippen molar-refractivity contribution in [2.45, 2.75) is 37.3 Å². The number of hydrogen-bond acceptors (Lipinski definition) is 7. The van der Waals surface area contributed by atoms with Gasteiger partial charge in [0.15, 0.2) is 0 Å². The van der Waals surface area contributed by atoms with Gasteiger partial charge in [0.25, 0.3) is 5.89 Å². The van der Waals surface area contributed by atoms with Crippen molar-refractivity contribution in [2.75, 3.05) is 5.32 Å². The Kier molecular flexibility index (Phi) is 4.98. The zero-order valence-electron chi connectivity index (χ0n) is 15.5. The molecule has 1 saturated carbocycles. The second-order valence-electron chi connectivity index (χ2n) is 6.81. The maximum Gasteiger partial charge on any atom is 0.573 e. The van der Waals surface area contributed by atoms with Crippen molar-refractivity contribution >= 4 is 5.95 Å². The highest BCUT2D eigenvalue weighted by atomic mass is 19.4. The summed E-state index contributed by atoms with van der Waals surface area (Å²) >= 11 is 0. The number of anilines is 1. The zero-order valence-corrected chi connectivity index (χ0v) is 15.5. The number of nitrogens with one attached hydrogen (secondary N) is 1. The maximum absolute atomic E-state index is 12.8. The van der Waals surface area contributed by atoms with Crippen LogP contribution in [0.25, 0.3) is 11.5 Å². The van der Waals surface area contributed by atoms with E-state index in [1.54, 1.807) is 6.07 Å².